The van der Waals surface area contributed by atoms with Gasteiger partial charge in [0.2, 0.25) is 5.75 Å². The highest BCUT2D eigenvalue weighted by molar-refractivity contribution is 5.75. The second kappa shape index (κ2) is 8.79. The predicted octanol–water partition coefficient (Wildman–Crippen LogP) is 4.46. The van der Waals surface area contributed by atoms with Crippen LogP contribution in [0.1, 0.15) is 5.56 Å². The maximum atomic E-state index is 12.3. The van der Waals surface area contributed by atoms with Gasteiger partial charge < -0.3 is 23.4 Å². The fraction of sp³-hybridized carbons (Fsp3) is 0.167. The van der Waals surface area contributed by atoms with Gasteiger partial charge >= 0.3 is 5.63 Å². The van der Waals surface area contributed by atoms with Crippen LogP contribution >= 0.6 is 0 Å². The van der Waals surface area contributed by atoms with E-state index in [9.17, 15) is 4.79 Å². The van der Waals surface area contributed by atoms with Gasteiger partial charge in [-0.2, -0.15) is 0 Å². The van der Waals surface area contributed by atoms with Crippen molar-refractivity contribution in [2.24, 2.45) is 0 Å². The van der Waals surface area contributed by atoms with Crippen molar-refractivity contribution in [1.82, 2.24) is 4.98 Å². The first-order valence-corrected chi connectivity index (χ1v) is 9.55. The topological polar surface area (TPSA) is 80.0 Å². The Morgan fingerprint density at radius 1 is 0.871 bits per heavy atom. The standard InChI is InChI=1S/C24H21NO6/c1-27-20-12-17(13-21(28-2)23(20)29-3)30-14-15-9-10-19-18(11-15)25-22(24(26)31-19)16-7-5-4-6-8-16/h4-13H,14H2,1-3H3. The normalized spacial score (nSPS) is 10.7. The Bertz CT molecular complexity index is 1240. The summed E-state index contributed by atoms with van der Waals surface area (Å²) >= 11 is 0. The Hall–Kier alpha value is -4.00. The lowest BCUT2D eigenvalue weighted by Crippen LogP contribution is -2.06. The number of nitrogens with zero attached hydrogens (tertiary/aromatic N) is 1. The van der Waals surface area contributed by atoms with Gasteiger partial charge in [-0.25, -0.2) is 9.78 Å². The molecule has 4 rings (SSSR count). The zero-order valence-electron chi connectivity index (χ0n) is 17.4. The molecule has 7 nitrogen and oxygen atoms in total. The van der Waals surface area contributed by atoms with Crippen LogP contribution < -0.4 is 24.6 Å². The van der Waals surface area contributed by atoms with Crippen molar-refractivity contribution in [2.75, 3.05) is 21.3 Å². The van der Waals surface area contributed by atoms with Crippen molar-refractivity contribution < 1.29 is 23.4 Å². The van der Waals surface area contributed by atoms with E-state index in [-0.39, 0.29) is 12.3 Å². The van der Waals surface area contributed by atoms with Gasteiger partial charge in [0.15, 0.2) is 22.8 Å². The number of methoxy groups -OCH3 is 3. The third kappa shape index (κ3) is 4.16. The smallest absolute Gasteiger partial charge is 0.363 e. The quantitative estimate of drug-likeness (QED) is 0.437. The van der Waals surface area contributed by atoms with Crippen molar-refractivity contribution in [3.05, 3.63) is 76.6 Å². The lowest BCUT2D eigenvalue weighted by Gasteiger charge is -2.14. The molecule has 158 valence electrons. The van der Waals surface area contributed by atoms with Crippen molar-refractivity contribution in [3.63, 3.8) is 0 Å². The van der Waals surface area contributed by atoms with E-state index in [1.54, 1.807) is 39.5 Å². The molecule has 31 heavy (non-hydrogen) atoms. The lowest BCUT2D eigenvalue weighted by molar-refractivity contribution is 0.291. The van der Waals surface area contributed by atoms with Crippen LogP contribution in [0, 0.1) is 0 Å². The molecule has 3 aromatic carbocycles. The first kappa shape index (κ1) is 20.3. The molecule has 4 aromatic rings. The number of hydrogen-bond acceptors (Lipinski definition) is 7. The predicted molar refractivity (Wildman–Crippen MR) is 116 cm³/mol. The highest BCUT2D eigenvalue weighted by Crippen LogP contribution is 2.41. The zero-order chi connectivity index (χ0) is 21.8. The van der Waals surface area contributed by atoms with Gasteiger partial charge in [0.25, 0.3) is 0 Å². The number of fused-ring (bicyclic) bond motifs is 1. The molecule has 0 atom stereocenters. The van der Waals surface area contributed by atoms with Crippen molar-refractivity contribution in [2.45, 2.75) is 6.61 Å². The molecule has 1 aromatic heterocycles. The van der Waals surface area contributed by atoms with Crippen LogP contribution in [0.5, 0.6) is 23.0 Å². The Morgan fingerprint density at radius 2 is 1.58 bits per heavy atom. The summed E-state index contributed by atoms with van der Waals surface area (Å²) in [6.07, 6.45) is 0. The molecule has 0 amide bonds. The zero-order valence-corrected chi connectivity index (χ0v) is 17.4. The maximum absolute atomic E-state index is 12.3. The monoisotopic (exact) mass is 419 g/mol. The summed E-state index contributed by atoms with van der Waals surface area (Å²) in [5.41, 5.74) is 2.36. The Balaban J connectivity index is 1.62. The molecule has 7 heteroatoms. The van der Waals surface area contributed by atoms with E-state index in [1.165, 1.54) is 0 Å². The highest BCUT2D eigenvalue weighted by Gasteiger charge is 2.14. The minimum absolute atomic E-state index is 0.274. The van der Waals surface area contributed by atoms with Crippen molar-refractivity contribution in [3.8, 4) is 34.3 Å². The van der Waals surface area contributed by atoms with Gasteiger partial charge in [-0.05, 0) is 17.7 Å². The molecule has 0 aliphatic heterocycles. The Kier molecular flexibility index (Phi) is 5.75. The minimum atomic E-state index is -0.472. The summed E-state index contributed by atoms with van der Waals surface area (Å²) in [6, 6.07) is 18.1. The summed E-state index contributed by atoms with van der Waals surface area (Å²) in [6.45, 7) is 0.274. The van der Waals surface area contributed by atoms with Gasteiger partial charge in [0, 0.05) is 17.7 Å². The van der Waals surface area contributed by atoms with Crippen LogP contribution in [0.25, 0.3) is 22.4 Å². The van der Waals surface area contributed by atoms with Gasteiger partial charge in [0.05, 0.1) is 21.3 Å². The molecule has 0 aliphatic rings. The Morgan fingerprint density at radius 3 is 2.23 bits per heavy atom. The van der Waals surface area contributed by atoms with E-state index in [2.05, 4.69) is 4.98 Å². The van der Waals surface area contributed by atoms with Crippen LogP contribution in [-0.4, -0.2) is 26.3 Å². The summed E-state index contributed by atoms with van der Waals surface area (Å²) in [5, 5.41) is 0. The number of hydrogen-bond donors (Lipinski definition) is 0. The lowest BCUT2D eigenvalue weighted by atomic mass is 10.1. The van der Waals surface area contributed by atoms with Gasteiger partial charge in [-0.1, -0.05) is 36.4 Å². The average molecular weight is 419 g/mol. The molecule has 0 saturated carbocycles. The van der Waals surface area contributed by atoms with E-state index in [0.717, 1.165) is 5.56 Å². The second-order valence-corrected chi connectivity index (χ2v) is 6.67. The minimum Gasteiger partial charge on any atom is -0.493 e. The summed E-state index contributed by atoms with van der Waals surface area (Å²) in [5.74, 6) is 2.07. The maximum Gasteiger partial charge on any atom is 0.363 e. The molecule has 0 fully saturated rings. The summed E-state index contributed by atoms with van der Waals surface area (Å²) in [7, 11) is 4.65. The van der Waals surface area contributed by atoms with Crippen LogP contribution in [-0.2, 0) is 6.61 Å². The number of rotatable bonds is 7. The first-order valence-electron chi connectivity index (χ1n) is 9.55. The fourth-order valence-corrected chi connectivity index (χ4v) is 3.23. The second-order valence-electron chi connectivity index (χ2n) is 6.67. The van der Waals surface area contributed by atoms with Crippen molar-refractivity contribution in [1.29, 1.82) is 0 Å². The summed E-state index contributed by atoms with van der Waals surface area (Å²) in [4.78, 5) is 16.8. The fourth-order valence-electron chi connectivity index (χ4n) is 3.23. The molecule has 0 saturated heterocycles. The van der Waals surface area contributed by atoms with E-state index in [4.69, 9.17) is 23.4 Å². The van der Waals surface area contributed by atoms with E-state index >= 15 is 0 Å². The number of benzene rings is 3. The molecule has 0 bridgehead atoms. The van der Waals surface area contributed by atoms with Crippen LogP contribution in [0.15, 0.2) is 69.9 Å². The van der Waals surface area contributed by atoms with Crippen LogP contribution in [0.2, 0.25) is 0 Å². The van der Waals surface area contributed by atoms with E-state index in [0.29, 0.717) is 39.7 Å². The molecule has 1 heterocycles. The third-order valence-electron chi connectivity index (χ3n) is 4.74. The first-order chi connectivity index (χ1) is 15.1. The SMILES string of the molecule is COc1cc(OCc2ccc3oc(=O)c(-c4ccccc4)nc3c2)cc(OC)c1OC. The van der Waals surface area contributed by atoms with Gasteiger partial charge in [-0.15, -0.1) is 0 Å². The van der Waals surface area contributed by atoms with Crippen LogP contribution in [0.4, 0.5) is 0 Å². The average Bonchev–Trinajstić information content (AvgIpc) is 2.82. The molecule has 0 N–H and O–H groups in total. The molecular formula is C24H21NO6. The van der Waals surface area contributed by atoms with Gasteiger partial charge in [0.1, 0.15) is 17.9 Å². The largest absolute Gasteiger partial charge is 0.493 e. The van der Waals surface area contributed by atoms with Crippen LogP contribution in [0.3, 0.4) is 0 Å². The molecule has 0 radical (unpaired) electrons. The Labute approximate surface area is 178 Å². The van der Waals surface area contributed by atoms with Crippen molar-refractivity contribution >= 4 is 11.1 Å². The number of aromatic nitrogens is 1. The molecule has 0 spiro atoms. The molecular weight excluding hydrogens is 398 g/mol. The molecule has 0 unspecified atom stereocenters. The van der Waals surface area contributed by atoms with E-state index < -0.39 is 5.63 Å². The summed E-state index contributed by atoms with van der Waals surface area (Å²) < 4.78 is 27.4. The highest BCUT2D eigenvalue weighted by atomic mass is 16.5. The third-order valence-corrected chi connectivity index (χ3v) is 4.74. The number of ether oxygens (including phenoxy) is 4. The molecule has 0 aliphatic carbocycles. The van der Waals surface area contributed by atoms with E-state index in [1.807, 2.05) is 42.5 Å². The van der Waals surface area contributed by atoms with Gasteiger partial charge in [-0.3, -0.25) is 0 Å².